The van der Waals surface area contributed by atoms with Gasteiger partial charge in [0, 0.05) is 10.2 Å². The summed E-state index contributed by atoms with van der Waals surface area (Å²) in [6, 6.07) is 13.1. The minimum Gasteiger partial charge on any atom is -0.496 e. The Kier molecular flexibility index (Phi) is 4.79. The van der Waals surface area contributed by atoms with Gasteiger partial charge in [-0.15, -0.1) is 0 Å². The molecule has 0 unspecified atom stereocenters. The number of benzene rings is 2. The van der Waals surface area contributed by atoms with Crippen molar-refractivity contribution in [1.82, 2.24) is 0 Å². The van der Waals surface area contributed by atoms with Crippen LogP contribution in [0.4, 0.5) is 5.69 Å². The molecule has 3 nitrogen and oxygen atoms in total. The molecule has 104 valence electrons. The van der Waals surface area contributed by atoms with E-state index in [9.17, 15) is 4.79 Å². The largest absolute Gasteiger partial charge is 0.496 e. The fourth-order valence-electron chi connectivity index (χ4n) is 1.99. The Bertz CT molecular complexity index is 626. The number of anilines is 1. The molecule has 0 heterocycles. The van der Waals surface area contributed by atoms with Gasteiger partial charge in [-0.1, -0.05) is 41.1 Å². The average molecular weight is 334 g/mol. The van der Waals surface area contributed by atoms with Crippen molar-refractivity contribution >= 4 is 27.5 Å². The van der Waals surface area contributed by atoms with E-state index in [-0.39, 0.29) is 5.91 Å². The summed E-state index contributed by atoms with van der Waals surface area (Å²) in [5, 5.41) is 2.94. The van der Waals surface area contributed by atoms with E-state index in [1.165, 1.54) is 0 Å². The number of methoxy groups -OCH3 is 1. The summed E-state index contributed by atoms with van der Waals surface area (Å²) in [4.78, 5) is 12.4. The highest BCUT2D eigenvalue weighted by atomic mass is 79.9. The first-order valence-electron chi connectivity index (χ1n) is 6.38. The van der Waals surface area contributed by atoms with Crippen LogP contribution in [0.3, 0.4) is 0 Å². The number of rotatable bonds is 4. The number of nitrogens with one attached hydrogen (secondary N) is 1. The van der Waals surface area contributed by atoms with Crippen molar-refractivity contribution in [2.45, 2.75) is 13.3 Å². The van der Waals surface area contributed by atoms with Crippen LogP contribution in [0.15, 0.2) is 46.9 Å². The molecule has 0 radical (unpaired) electrons. The van der Waals surface area contributed by atoms with Gasteiger partial charge in [0.1, 0.15) is 5.75 Å². The fraction of sp³-hybridized carbons (Fsp3) is 0.188. The average Bonchev–Trinajstić information content (AvgIpc) is 2.47. The van der Waals surface area contributed by atoms with Crippen molar-refractivity contribution in [3.8, 4) is 5.75 Å². The molecule has 0 saturated carbocycles. The van der Waals surface area contributed by atoms with Gasteiger partial charge in [-0.05, 0) is 36.2 Å². The Morgan fingerprint density at radius 1 is 1.25 bits per heavy atom. The highest BCUT2D eigenvalue weighted by molar-refractivity contribution is 9.10. The third-order valence-corrected chi connectivity index (χ3v) is 3.55. The summed E-state index contributed by atoms with van der Waals surface area (Å²) in [5.74, 6) is 0.376. The first-order valence-corrected chi connectivity index (χ1v) is 7.17. The van der Waals surface area contributed by atoms with Crippen LogP contribution in [0.5, 0.6) is 5.75 Å². The number of ether oxygens (including phenoxy) is 1. The van der Waals surface area contributed by atoms with E-state index < -0.39 is 0 Å². The lowest BCUT2D eigenvalue weighted by atomic mass is 10.1. The number of para-hydroxylation sites is 1. The van der Waals surface area contributed by atoms with Crippen LogP contribution in [-0.2, 0) is 6.42 Å². The van der Waals surface area contributed by atoms with Crippen LogP contribution in [0.2, 0.25) is 0 Å². The van der Waals surface area contributed by atoms with Gasteiger partial charge in [0.15, 0.2) is 0 Å². The topological polar surface area (TPSA) is 38.3 Å². The molecular formula is C16H16BrNO2. The lowest BCUT2D eigenvalue weighted by molar-refractivity contribution is 0.102. The van der Waals surface area contributed by atoms with E-state index in [1.807, 2.05) is 30.3 Å². The first-order chi connectivity index (χ1) is 9.65. The number of carbonyl (C=O) groups is 1. The van der Waals surface area contributed by atoms with Crippen LogP contribution in [0.25, 0.3) is 0 Å². The van der Waals surface area contributed by atoms with Gasteiger partial charge in [-0.2, -0.15) is 0 Å². The number of carbonyl (C=O) groups excluding carboxylic acids is 1. The Morgan fingerprint density at radius 2 is 2.00 bits per heavy atom. The van der Waals surface area contributed by atoms with Crippen LogP contribution in [-0.4, -0.2) is 13.0 Å². The molecule has 0 bridgehead atoms. The van der Waals surface area contributed by atoms with Crippen molar-refractivity contribution in [3.05, 3.63) is 58.1 Å². The van der Waals surface area contributed by atoms with Crippen molar-refractivity contribution in [2.24, 2.45) is 0 Å². The SMILES string of the molecule is CCc1ccccc1NC(=O)c1ccc(Br)cc1OC. The molecule has 2 rings (SSSR count). The van der Waals surface area contributed by atoms with E-state index in [4.69, 9.17) is 4.74 Å². The quantitative estimate of drug-likeness (QED) is 0.907. The van der Waals surface area contributed by atoms with E-state index in [2.05, 4.69) is 28.2 Å². The summed E-state index contributed by atoms with van der Waals surface area (Å²) >= 11 is 3.36. The molecule has 0 atom stereocenters. The van der Waals surface area contributed by atoms with E-state index in [0.717, 1.165) is 22.1 Å². The molecule has 1 N–H and O–H groups in total. The monoisotopic (exact) mass is 333 g/mol. The summed E-state index contributed by atoms with van der Waals surface area (Å²) in [7, 11) is 1.55. The van der Waals surface area contributed by atoms with Crippen LogP contribution in [0.1, 0.15) is 22.8 Å². The predicted octanol–water partition coefficient (Wildman–Crippen LogP) is 4.27. The van der Waals surface area contributed by atoms with Gasteiger partial charge < -0.3 is 10.1 Å². The Balaban J connectivity index is 2.28. The van der Waals surface area contributed by atoms with E-state index in [1.54, 1.807) is 19.2 Å². The number of aryl methyl sites for hydroxylation is 1. The Labute approximate surface area is 127 Å². The molecule has 4 heteroatoms. The summed E-state index contributed by atoms with van der Waals surface area (Å²) in [6.07, 6.45) is 0.869. The Morgan fingerprint density at radius 3 is 2.70 bits per heavy atom. The standard InChI is InChI=1S/C16H16BrNO2/c1-3-11-6-4-5-7-14(11)18-16(19)13-9-8-12(17)10-15(13)20-2/h4-10H,3H2,1-2H3,(H,18,19). The summed E-state index contributed by atoms with van der Waals surface area (Å²) in [5.41, 5.74) is 2.46. The second-order valence-corrected chi connectivity index (χ2v) is 5.23. The highest BCUT2D eigenvalue weighted by Gasteiger charge is 2.13. The maximum absolute atomic E-state index is 12.4. The zero-order valence-corrected chi connectivity index (χ0v) is 13.0. The second-order valence-electron chi connectivity index (χ2n) is 4.31. The summed E-state index contributed by atoms with van der Waals surface area (Å²) in [6.45, 7) is 2.06. The van der Waals surface area contributed by atoms with Gasteiger partial charge in [0.05, 0.1) is 12.7 Å². The molecule has 0 fully saturated rings. The molecule has 20 heavy (non-hydrogen) atoms. The number of hydrogen-bond donors (Lipinski definition) is 1. The smallest absolute Gasteiger partial charge is 0.259 e. The van der Waals surface area contributed by atoms with Crippen molar-refractivity contribution in [3.63, 3.8) is 0 Å². The molecule has 0 aromatic heterocycles. The van der Waals surface area contributed by atoms with Crippen LogP contribution in [0, 0.1) is 0 Å². The minimum atomic E-state index is -0.171. The van der Waals surface area contributed by atoms with Crippen molar-refractivity contribution < 1.29 is 9.53 Å². The molecule has 1 amide bonds. The third kappa shape index (κ3) is 3.20. The molecular weight excluding hydrogens is 318 g/mol. The molecule has 0 aliphatic rings. The third-order valence-electron chi connectivity index (χ3n) is 3.05. The molecule has 0 spiro atoms. The summed E-state index contributed by atoms with van der Waals surface area (Å²) < 4.78 is 6.13. The van der Waals surface area contributed by atoms with Gasteiger partial charge in [0.2, 0.25) is 0 Å². The van der Waals surface area contributed by atoms with E-state index in [0.29, 0.717) is 11.3 Å². The number of halogens is 1. The predicted molar refractivity (Wildman–Crippen MR) is 84.5 cm³/mol. The lowest BCUT2D eigenvalue weighted by Crippen LogP contribution is -2.14. The zero-order valence-electron chi connectivity index (χ0n) is 11.4. The Hall–Kier alpha value is -1.81. The van der Waals surface area contributed by atoms with Crippen LogP contribution >= 0.6 is 15.9 Å². The highest BCUT2D eigenvalue weighted by Crippen LogP contribution is 2.25. The number of amides is 1. The second kappa shape index (κ2) is 6.57. The zero-order chi connectivity index (χ0) is 14.5. The van der Waals surface area contributed by atoms with Gasteiger partial charge in [0.25, 0.3) is 5.91 Å². The van der Waals surface area contributed by atoms with Gasteiger partial charge in [-0.25, -0.2) is 0 Å². The molecule has 2 aromatic rings. The van der Waals surface area contributed by atoms with Gasteiger partial charge >= 0.3 is 0 Å². The molecule has 2 aromatic carbocycles. The first kappa shape index (κ1) is 14.6. The van der Waals surface area contributed by atoms with Gasteiger partial charge in [-0.3, -0.25) is 4.79 Å². The van der Waals surface area contributed by atoms with E-state index >= 15 is 0 Å². The molecule has 0 aliphatic heterocycles. The molecule has 0 aliphatic carbocycles. The lowest BCUT2D eigenvalue weighted by Gasteiger charge is -2.12. The van der Waals surface area contributed by atoms with Crippen LogP contribution < -0.4 is 10.1 Å². The minimum absolute atomic E-state index is 0.171. The maximum atomic E-state index is 12.4. The normalized spacial score (nSPS) is 10.2. The number of hydrogen-bond acceptors (Lipinski definition) is 2. The fourth-order valence-corrected chi connectivity index (χ4v) is 2.33. The van der Waals surface area contributed by atoms with Crippen molar-refractivity contribution in [2.75, 3.05) is 12.4 Å². The maximum Gasteiger partial charge on any atom is 0.259 e. The van der Waals surface area contributed by atoms with Crippen molar-refractivity contribution in [1.29, 1.82) is 0 Å². The molecule has 0 saturated heterocycles.